The van der Waals surface area contributed by atoms with Gasteiger partial charge in [-0.05, 0) is 44.2 Å². The lowest BCUT2D eigenvalue weighted by Gasteiger charge is -2.08. The fourth-order valence-corrected chi connectivity index (χ4v) is 4.38. The monoisotopic (exact) mass is 358 g/mol. The Morgan fingerprint density at radius 3 is 2.92 bits per heavy atom. The molecule has 4 rings (SSSR count). The summed E-state index contributed by atoms with van der Waals surface area (Å²) in [7, 11) is 0. The zero-order valence-corrected chi connectivity index (χ0v) is 15.2. The Morgan fingerprint density at radius 2 is 2.21 bits per heavy atom. The standard InChI is InChI=1S/C17H18N4OS2/c1-10-8-14(11(2)21(10)9-13-4-3-7-23-13)15(22)18-17-20-19-16(24-17)12-5-6-12/h3-4,7-8,12H,5-6,9H2,1-2H3,(H,18,20,22). The number of anilines is 1. The molecule has 7 heteroatoms. The third-order valence-corrected chi connectivity index (χ3v) is 6.16. The van der Waals surface area contributed by atoms with Crippen LogP contribution in [0.2, 0.25) is 0 Å². The van der Waals surface area contributed by atoms with Crippen LogP contribution in [-0.4, -0.2) is 20.7 Å². The van der Waals surface area contributed by atoms with Crippen LogP contribution in [0.25, 0.3) is 0 Å². The van der Waals surface area contributed by atoms with Gasteiger partial charge >= 0.3 is 0 Å². The molecule has 24 heavy (non-hydrogen) atoms. The Bertz CT molecular complexity index is 875. The van der Waals surface area contributed by atoms with E-state index in [1.807, 2.05) is 19.9 Å². The number of thiophene rings is 1. The van der Waals surface area contributed by atoms with Crippen molar-refractivity contribution >= 4 is 33.7 Å². The molecule has 0 saturated heterocycles. The SMILES string of the molecule is Cc1cc(C(=O)Nc2nnc(C3CC3)s2)c(C)n1Cc1cccs1. The number of aryl methyl sites for hydroxylation is 1. The highest BCUT2D eigenvalue weighted by molar-refractivity contribution is 7.15. The van der Waals surface area contributed by atoms with Crippen molar-refractivity contribution in [1.82, 2.24) is 14.8 Å². The summed E-state index contributed by atoms with van der Waals surface area (Å²) >= 11 is 3.22. The van der Waals surface area contributed by atoms with Crippen molar-refractivity contribution in [2.75, 3.05) is 5.32 Å². The van der Waals surface area contributed by atoms with Gasteiger partial charge in [0.2, 0.25) is 5.13 Å². The van der Waals surface area contributed by atoms with E-state index < -0.39 is 0 Å². The van der Waals surface area contributed by atoms with Crippen LogP contribution in [-0.2, 0) is 6.54 Å². The van der Waals surface area contributed by atoms with Gasteiger partial charge in [0.1, 0.15) is 5.01 Å². The molecule has 1 aliphatic carbocycles. The topological polar surface area (TPSA) is 59.8 Å². The van der Waals surface area contributed by atoms with Crippen LogP contribution in [0.1, 0.15) is 50.4 Å². The predicted molar refractivity (Wildman–Crippen MR) is 97.2 cm³/mol. The van der Waals surface area contributed by atoms with Crippen LogP contribution < -0.4 is 5.32 Å². The second-order valence-electron chi connectivity index (χ2n) is 6.12. The summed E-state index contributed by atoms with van der Waals surface area (Å²) in [6, 6.07) is 6.11. The highest BCUT2D eigenvalue weighted by atomic mass is 32.1. The van der Waals surface area contributed by atoms with Crippen LogP contribution in [0.15, 0.2) is 23.6 Å². The Kier molecular flexibility index (Phi) is 3.97. The fraction of sp³-hybridized carbons (Fsp3) is 0.353. The van der Waals surface area contributed by atoms with Crippen molar-refractivity contribution in [2.45, 2.75) is 39.2 Å². The van der Waals surface area contributed by atoms with Gasteiger partial charge in [0, 0.05) is 22.2 Å². The first-order valence-electron chi connectivity index (χ1n) is 7.95. The maximum Gasteiger partial charge on any atom is 0.259 e. The maximum atomic E-state index is 12.6. The van der Waals surface area contributed by atoms with Crippen LogP contribution in [0.4, 0.5) is 5.13 Å². The quantitative estimate of drug-likeness (QED) is 0.744. The molecule has 3 heterocycles. The average molecular weight is 358 g/mol. The Balaban J connectivity index is 1.53. The molecule has 124 valence electrons. The van der Waals surface area contributed by atoms with E-state index in [0.717, 1.165) is 22.9 Å². The van der Waals surface area contributed by atoms with E-state index in [9.17, 15) is 4.79 Å². The molecule has 0 unspecified atom stereocenters. The fourth-order valence-electron chi connectivity index (χ4n) is 2.78. The third-order valence-electron chi connectivity index (χ3n) is 4.30. The molecule has 0 aromatic carbocycles. The first-order chi connectivity index (χ1) is 11.6. The highest BCUT2D eigenvalue weighted by Crippen LogP contribution is 2.42. The number of rotatable bonds is 5. The van der Waals surface area contributed by atoms with Crippen molar-refractivity contribution in [3.05, 3.63) is 50.4 Å². The van der Waals surface area contributed by atoms with Gasteiger partial charge in [-0.1, -0.05) is 17.4 Å². The van der Waals surface area contributed by atoms with Gasteiger partial charge in [0.05, 0.1) is 12.1 Å². The van der Waals surface area contributed by atoms with Gasteiger partial charge < -0.3 is 4.57 Å². The maximum absolute atomic E-state index is 12.6. The molecule has 0 radical (unpaired) electrons. The minimum atomic E-state index is -0.112. The first-order valence-corrected chi connectivity index (χ1v) is 9.65. The molecule has 3 aromatic heterocycles. The van der Waals surface area contributed by atoms with E-state index in [0.29, 0.717) is 16.6 Å². The second kappa shape index (κ2) is 6.14. The number of hydrogen-bond acceptors (Lipinski definition) is 5. The van der Waals surface area contributed by atoms with E-state index in [1.54, 1.807) is 11.3 Å². The van der Waals surface area contributed by atoms with Gasteiger partial charge in [-0.15, -0.1) is 21.5 Å². The molecule has 1 amide bonds. The summed E-state index contributed by atoms with van der Waals surface area (Å²) < 4.78 is 2.18. The summed E-state index contributed by atoms with van der Waals surface area (Å²) in [6.45, 7) is 4.83. The normalized spacial score (nSPS) is 14.1. The summed E-state index contributed by atoms with van der Waals surface area (Å²) in [5, 5.41) is 14.9. The molecule has 1 saturated carbocycles. The molecule has 3 aromatic rings. The number of hydrogen-bond donors (Lipinski definition) is 1. The van der Waals surface area contributed by atoms with E-state index in [1.165, 1.54) is 29.1 Å². The zero-order valence-electron chi connectivity index (χ0n) is 13.6. The largest absolute Gasteiger partial charge is 0.343 e. The van der Waals surface area contributed by atoms with E-state index >= 15 is 0 Å². The first kappa shape index (κ1) is 15.5. The number of carbonyl (C=O) groups is 1. The molecule has 1 aliphatic rings. The summed E-state index contributed by atoms with van der Waals surface area (Å²) in [4.78, 5) is 13.9. The predicted octanol–water partition coefficient (Wildman–Crippen LogP) is 4.20. The lowest BCUT2D eigenvalue weighted by molar-refractivity contribution is 0.102. The Morgan fingerprint density at radius 1 is 1.38 bits per heavy atom. The van der Waals surface area contributed by atoms with Gasteiger partial charge in [0.25, 0.3) is 5.91 Å². The minimum absolute atomic E-state index is 0.112. The molecule has 0 aliphatic heterocycles. The molecule has 0 bridgehead atoms. The van der Waals surface area contributed by atoms with Crippen molar-refractivity contribution in [2.24, 2.45) is 0 Å². The summed E-state index contributed by atoms with van der Waals surface area (Å²) in [5.41, 5.74) is 2.76. The molecule has 5 nitrogen and oxygen atoms in total. The number of nitrogens with zero attached hydrogens (tertiary/aromatic N) is 3. The molecule has 0 spiro atoms. The molecule has 1 fully saturated rings. The number of aromatic nitrogens is 3. The van der Waals surface area contributed by atoms with Crippen molar-refractivity contribution in [3.63, 3.8) is 0 Å². The van der Waals surface area contributed by atoms with Gasteiger partial charge in [-0.2, -0.15) is 0 Å². The Hall–Kier alpha value is -1.99. The van der Waals surface area contributed by atoms with Crippen LogP contribution in [0, 0.1) is 13.8 Å². The van der Waals surface area contributed by atoms with Crippen LogP contribution in [0.5, 0.6) is 0 Å². The number of carbonyl (C=O) groups excluding carboxylic acids is 1. The zero-order chi connectivity index (χ0) is 16.7. The average Bonchev–Trinajstić information content (AvgIpc) is 2.97. The van der Waals surface area contributed by atoms with Gasteiger partial charge in [0.15, 0.2) is 0 Å². The summed E-state index contributed by atoms with van der Waals surface area (Å²) in [6.07, 6.45) is 2.37. The molecule has 0 atom stereocenters. The lowest BCUT2D eigenvalue weighted by Crippen LogP contribution is -2.13. The highest BCUT2D eigenvalue weighted by Gasteiger charge is 2.28. The van der Waals surface area contributed by atoms with Crippen LogP contribution in [0.3, 0.4) is 0 Å². The number of amides is 1. The third kappa shape index (κ3) is 3.01. The van der Waals surface area contributed by atoms with Crippen molar-refractivity contribution in [3.8, 4) is 0 Å². The summed E-state index contributed by atoms with van der Waals surface area (Å²) in [5.74, 6) is 0.447. The molecular weight excluding hydrogens is 340 g/mol. The molecular formula is C17H18N4OS2. The van der Waals surface area contributed by atoms with Crippen LogP contribution >= 0.6 is 22.7 Å². The van der Waals surface area contributed by atoms with E-state index in [-0.39, 0.29) is 5.91 Å². The minimum Gasteiger partial charge on any atom is -0.343 e. The Labute approximate surface area is 148 Å². The van der Waals surface area contributed by atoms with Gasteiger partial charge in [-0.3, -0.25) is 10.1 Å². The molecule has 1 N–H and O–H groups in total. The lowest BCUT2D eigenvalue weighted by atomic mass is 10.2. The smallest absolute Gasteiger partial charge is 0.259 e. The van der Waals surface area contributed by atoms with Crippen molar-refractivity contribution < 1.29 is 4.79 Å². The second-order valence-corrected chi connectivity index (χ2v) is 8.17. The van der Waals surface area contributed by atoms with Gasteiger partial charge in [-0.25, -0.2) is 0 Å². The van der Waals surface area contributed by atoms with E-state index in [4.69, 9.17) is 0 Å². The van der Waals surface area contributed by atoms with E-state index in [2.05, 4.69) is 37.6 Å². The number of nitrogens with one attached hydrogen (secondary N) is 1. The van der Waals surface area contributed by atoms with Crippen molar-refractivity contribution in [1.29, 1.82) is 0 Å².